The van der Waals surface area contributed by atoms with Gasteiger partial charge in [0.25, 0.3) is 0 Å². The van der Waals surface area contributed by atoms with Crippen molar-refractivity contribution < 1.29 is 19.0 Å². The first-order valence-electron chi connectivity index (χ1n) is 11.9. The summed E-state index contributed by atoms with van der Waals surface area (Å²) in [6.07, 6.45) is 4.63. The molecule has 0 aliphatic carbocycles. The number of rotatable bonds is 8. The van der Waals surface area contributed by atoms with Crippen molar-refractivity contribution in [2.45, 2.75) is 57.3 Å². The van der Waals surface area contributed by atoms with Gasteiger partial charge >= 0.3 is 0 Å². The van der Waals surface area contributed by atoms with Crippen molar-refractivity contribution in [2.75, 3.05) is 33.9 Å². The number of benzene rings is 2. The van der Waals surface area contributed by atoms with Crippen molar-refractivity contribution in [1.29, 1.82) is 0 Å². The summed E-state index contributed by atoms with van der Waals surface area (Å²) in [5.74, 6) is 1.30. The van der Waals surface area contributed by atoms with Gasteiger partial charge in [0.05, 0.1) is 32.3 Å². The lowest BCUT2D eigenvalue weighted by molar-refractivity contribution is -0.122. The molecule has 33 heavy (non-hydrogen) atoms. The second-order valence-electron chi connectivity index (χ2n) is 9.33. The normalized spacial score (nSPS) is 20.0. The zero-order valence-electron chi connectivity index (χ0n) is 20.1. The minimum absolute atomic E-state index is 0.000167. The Morgan fingerprint density at radius 2 is 1.85 bits per heavy atom. The molecule has 0 bridgehead atoms. The average molecular weight is 453 g/mol. The molecule has 0 aromatic heterocycles. The number of nitrogens with zero attached hydrogens (tertiary/aromatic N) is 1. The molecule has 0 saturated carbocycles. The maximum atomic E-state index is 12.5. The van der Waals surface area contributed by atoms with E-state index in [1.807, 2.05) is 18.2 Å². The first-order valence-corrected chi connectivity index (χ1v) is 11.9. The van der Waals surface area contributed by atoms with Gasteiger partial charge in [-0.2, -0.15) is 0 Å². The zero-order valence-corrected chi connectivity index (χ0v) is 20.1. The van der Waals surface area contributed by atoms with Crippen molar-refractivity contribution in [2.24, 2.45) is 0 Å². The number of hydrogen-bond acceptors (Lipinski definition) is 5. The third kappa shape index (κ3) is 5.87. The fourth-order valence-electron chi connectivity index (χ4n) is 5.02. The van der Waals surface area contributed by atoms with E-state index in [0.29, 0.717) is 24.5 Å². The molecule has 0 radical (unpaired) electrons. The molecule has 2 fully saturated rings. The molecule has 178 valence electrons. The van der Waals surface area contributed by atoms with Gasteiger partial charge in [0.2, 0.25) is 5.91 Å². The van der Waals surface area contributed by atoms with Gasteiger partial charge in [-0.05, 0) is 61.4 Å². The van der Waals surface area contributed by atoms with Gasteiger partial charge in [0, 0.05) is 26.2 Å². The van der Waals surface area contributed by atoms with E-state index in [9.17, 15) is 4.79 Å². The van der Waals surface area contributed by atoms with Gasteiger partial charge in [0.1, 0.15) is 0 Å². The molecule has 2 heterocycles. The Balaban J connectivity index is 1.21. The van der Waals surface area contributed by atoms with E-state index in [2.05, 4.69) is 41.4 Å². The maximum Gasteiger partial charge on any atom is 0.224 e. The number of hydrogen-bond donors (Lipinski definition) is 1. The molecule has 1 amide bonds. The van der Waals surface area contributed by atoms with E-state index >= 15 is 0 Å². The van der Waals surface area contributed by atoms with E-state index in [-0.39, 0.29) is 17.6 Å². The summed E-state index contributed by atoms with van der Waals surface area (Å²) in [6, 6.07) is 14.2. The van der Waals surface area contributed by atoms with Crippen molar-refractivity contribution in [1.82, 2.24) is 10.2 Å². The molecule has 6 nitrogen and oxygen atoms in total. The third-order valence-electron chi connectivity index (χ3n) is 7.10. The van der Waals surface area contributed by atoms with Crippen LogP contribution in [0.25, 0.3) is 0 Å². The van der Waals surface area contributed by atoms with Crippen LogP contribution in [0.4, 0.5) is 0 Å². The van der Waals surface area contributed by atoms with Crippen LogP contribution in [-0.2, 0) is 22.5 Å². The topological polar surface area (TPSA) is 60.0 Å². The predicted molar refractivity (Wildman–Crippen MR) is 129 cm³/mol. The minimum Gasteiger partial charge on any atom is -0.493 e. The van der Waals surface area contributed by atoms with Crippen molar-refractivity contribution in [3.05, 3.63) is 59.2 Å². The largest absolute Gasteiger partial charge is 0.493 e. The van der Waals surface area contributed by atoms with E-state index in [0.717, 1.165) is 50.9 Å². The van der Waals surface area contributed by atoms with Gasteiger partial charge in [-0.1, -0.05) is 30.3 Å². The smallest absolute Gasteiger partial charge is 0.224 e. The Morgan fingerprint density at radius 3 is 2.58 bits per heavy atom. The number of nitrogens with one attached hydrogen (secondary N) is 1. The Kier molecular flexibility index (Phi) is 7.56. The SMILES string of the molecule is COc1ccc(CC(=O)NC[C@@H]2CCC3(CCN(Cc4ccccc4C)CC3)O2)cc1OC. The number of likely N-dealkylation sites (tertiary alicyclic amines) is 1. The molecule has 2 aliphatic heterocycles. The van der Waals surface area contributed by atoms with Crippen LogP contribution in [0.1, 0.15) is 42.4 Å². The van der Waals surface area contributed by atoms with Gasteiger partial charge in [-0.15, -0.1) is 0 Å². The summed E-state index contributed by atoms with van der Waals surface area (Å²) in [5, 5.41) is 3.06. The molecule has 2 aromatic carbocycles. The third-order valence-corrected chi connectivity index (χ3v) is 7.10. The molecule has 2 saturated heterocycles. The van der Waals surface area contributed by atoms with Crippen LogP contribution >= 0.6 is 0 Å². The maximum absolute atomic E-state index is 12.5. The molecule has 2 aliphatic rings. The van der Waals surface area contributed by atoms with Crippen molar-refractivity contribution in [3.8, 4) is 11.5 Å². The number of piperidine rings is 1. The lowest BCUT2D eigenvalue weighted by atomic mass is 9.88. The second-order valence-corrected chi connectivity index (χ2v) is 9.33. The summed E-state index contributed by atoms with van der Waals surface area (Å²) in [5.41, 5.74) is 3.66. The summed E-state index contributed by atoms with van der Waals surface area (Å²) in [4.78, 5) is 15.0. The Morgan fingerprint density at radius 1 is 1.09 bits per heavy atom. The highest BCUT2D eigenvalue weighted by Gasteiger charge is 2.42. The highest BCUT2D eigenvalue weighted by molar-refractivity contribution is 5.78. The molecule has 1 atom stereocenters. The Labute approximate surface area is 197 Å². The van der Waals surface area contributed by atoms with Crippen molar-refractivity contribution in [3.63, 3.8) is 0 Å². The molecule has 0 unspecified atom stereocenters. The van der Waals surface area contributed by atoms with Crippen LogP contribution in [-0.4, -0.2) is 56.4 Å². The Hall–Kier alpha value is -2.57. The van der Waals surface area contributed by atoms with Crippen LogP contribution < -0.4 is 14.8 Å². The fraction of sp³-hybridized carbons (Fsp3) is 0.519. The highest BCUT2D eigenvalue weighted by atomic mass is 16.5. The highest BCUT2D eigenvalue weighted by Crippen LogP contribution is 2.39. The zero-order chi connectivity index (χ0) is 23.3. The van der Waals surface area contributed by atoms with Gasteiger partial charge in [-0.25, -0.2) is 0 Å². The summed E-state index contributed by atoms with van der Waals surface area (Å²) < 4.78 is 17.1. The number of ether oxygens (including phenoxy) is 3. The number of amides is 1. The molecule has 2 aromatic rings. The monoisotopic (exact) mass is 452 g/mol. The fourth-order valence-corrected chi connectivity index (χ4v) is 5.02. The quantitative estimate of drug-likeness (QED) is 0.659. The van der Waals surface area contributed by atoms with Gasteiger partial charge < -0.3 is 19.5 Å². The predicted octanol–water partition coefficient (Wildman–Crippen LogP) is 3.88. The molecular weight excluding hydrogens is 416 g/mol. The summed E-state index contributed by atoms with van der Waals surface area (Å²) >= 11 is 0. The van der Waals surface area contributed by atoms with E-state index in [1.165, 1.54) is 11.1 Å². The summed E-state index contributed by atoms with van der Waals surface area (Å²) in [6.45, 7) is 5.89. The first-order chi connectivity index (χ1) is 16.0. The second kappa shape index (κ2) is 10.6. The van der Waals surface area contributed by atoms with E-state index < -0.39 is 0 Å². The van der Waals surface area contributed by atoms with Gasteiger partial charge in [0.15, 0.2) is 11.5 Å². The molecule has 6 heteroatoms. The van der Waals surface area contributed by atoms with Crippen LogP contribution in [0.2, 0.25) is 0 Å². The molecule has 1 N–H and O–H groups in total. The number of carbonyl (C=O) groups excluding carboxylic acids is 1. The van der Waals surface area contributed by atoms with Crippen molar-refractivity contribution >= 4 is 5.91 Å². The lowest BCUT2D eigenvalue weighted by Crippen LogP contribution is -2.45. The first kappa shape index (κ1) is 23.6. The van der Waals surface area contributed by atoms with Crippen LogP contribution in [0, 0.1) is 6.92 Å². The molecule has 1 spiro atoms. The van der Waals surface area contributed by atoms with Crippen LogP contribution in [0.15, 0.2) is 42.5 Å². The molecule has 4 rings (SSSR count). The standard InChI is InChI=1S/C27H36N2O4/c1-20-6-4-5-7-22(20)19-29-14-12-27(13-15-29)11-10-23(33-27)18-28-26(30)17-21-8-9-24(31-2)25(16-21)32-3/h4-9,16,23H,10-15,17-19H2,1-3H3,(H,28,30)/t23-/m0/s1. The van der Waals surface area contributed by atoms with Gasteiger partial charge in [-0.3, -0.25) is 9.69 Å². The minimum atomic E-state index is -0.0129. The number of aryl methyl sites for hydroxylation is 1. The van der Waals surface area contributed by atoms with E-state index in [4.69, 9.17) is 14.2 Å². The molecular formula is C27H36N2O4. The summed E-state index contributed by atoms with van der Waals surface area (Å²) in [7, 11) is 3.20. The van der Waals surface area contributed by atoms with Crippen LogP contribution in [0.3, 0.4) is 0 Å². The average Bonchev–Trinajstić information content (AvgIpc) is 3.23. The van der Waals surface area contributed by atoms with E-state index in [1.54, 1.807) is 14.2 Å². The number of carbonyl (C=O) groups is 1. The van der Waals surface area contributed by atoms with Crippen LogP contribution in [0.5, 0.6) is 11.5 Å². The lowest BCUT2D eigenvalue weighted by Gasteiger charge is -2.39. The Bertz CT molecular complexity index is 953. The number of methoxy groups -OCH3 is 2.